The lowest BCUT2D eigenvalue weighted by Gasteiger charge is -2.08. The Bertz CT molecular complexity index is 537. The van der Waals surface area contributed by atoms with Crippen LogP contribution < -0.4 is 10.1 Å². The predicted octanol–water partition coefficient (Wildman–Crippen LogP) is 3.27. The van der Waals surface area contributed by atoms with Gasteiger partial charge in [-0.05, 0) is 29.8 Å². The Kier molecular flexibility index (Phi) is 5.01. The van der Waals surface area contributed by atoms with Crippen molar-refractivity contribution in [3.63, 3.8) is 0 Å². The molecule has 0 unspecified atom stereocenters. The molecule has 1 N–H and O–H groups in total. The van der Waals surface area contributed by atoms with Gasteiger partial charge in [-0.2, -0.15) is 0 Å². The fraction of sp³-hybridized carbons (Fsp3) is 0.200. The van der Waals surface area contributed by atoms with Crippen molar-refractivity contribution in [1.82, 2.24) is 5.32 Å². The number of hydrogen-bond acceptors (Lipinski definition) is 2. The Balaban J connectivity index is 1.74. The highest BCUT2D eigenvalue weighted by molar-refractivity contribution is 5.21. The number of nitrogens with one attached hydrogen (secondary N) is 1. The summed E-state index contributed by atoms with van der Waals surface area (Å²) in [6, 6.07) is 11.3. The Morgan fingerprint density at radius 2 is 1.60 bits per heavy atom. The van der Waals surface area contributed by atoms with Crippen LogP contribution in [0.4, 0.5) is 13.2 Å². The van der Waals surface area contributed by atoms with Crippen LogP contribution >= 0.6 is 0 Å². The van der Waals surface area contributed by atoms with Gasteiger partial charge in [-0.25, -0.2) is 13.2 Å². The summed E-state index contributed by atoms with van der Waals surface area (Å²) >= 11 is 0. The fourth-order valence-electron chi connectivity index (χ4n) is 1.70. The average molecular weight is 281 g/mol. The van der Waals surface area contributed by atoms with E-state index in [1.165, 1.54) is 0 Å². The van der Waals surface area contributed by atoms with Crippen LogP contribution in [0.15, 0.2) is 42.5 Å². The lowest BCUT2D eigenvalue weighted by molar-refractivity contribution is 0.313. The zero-order valence-corrected chi connectivity index (χ0v) is 10.7. The van der Waals surface area contributed by atoms with Crippen LogP contribution in [0.5, 0.6) is 5.75 Å². The van der Waals surface area contributed by atoms with Gasteiger partial charge in [0.1, 0.15) is 12.4 Å². The molecule has 0 aliphatic heterocycles. The molecule has 5 heteroatoms. The molecule has 0 saturated carbocycles. The van der Waals surface area contributed by atoms with Crippen molar-refractivity contribution >= 4 is 0 Å². The smallest absolute Gasteiger partial charge is 0.194 e. The molecule has 2 nitrogen and oxygen atoms in total. The molecule has 0 atom stereocenters. The van der Waals surface area contributed by atoms with Crippen molar-refractivity contribution in [1.29, 1.82) is 0 Å². The fourth-order valence-corrected chi connectivity index (χ4v) is 1.70. The van der Waals surface area contributed by atoms with Crippen molar-refractivity contribution in [2.75, 3.05) is 13.2 Å². The summed E-state index contributed by atoms with van der Waals surface area (Å²) in [5.74, 6) is -3.04. The molecular formula is C15H14F3NO. The highest BCUT2D eigenvalue weighted by atomic mass is 19.2. The number of halogens is 3. The Hall–Kier alpha value is -2.01. The molecule has 0 amide bonds. The molecule has 0 radical (unpaired) electrons. The quantitative estimate of drug-likeness (QED) is 0.648. The van der Waals surface area contributed by atoms with E-state index in [9.17, 15) is 13.2 Å². The molecule has 2 aromatic rings. The van der Waals surface area contributed by atoms with E-state index in [4.69, 9.17) is 4.74 Å². The second kappa shape index (κ2) is 6.96. The van der Waals surface area contributed by atoms with E-state index in [1.54, 1.807) is 0 Å². The molecule has 0 heterocycles. The first kappa shape index (κ1) is 14.4. The minimum absolute atomic E-state index is 0.242. The molecule has 0 spiro atoms. The third kappa shape index (κ3) is 3.99. The monoisotopic (exact) mass is 281 g/mol. The summed E-state index contributed by atoms with van der Waals surface area (Å²) in [5, 5.41) is 2.97. The van der Waals surface area contributed by atoms with Crippen molar-refractivity contribution in [3.05, 3.63) is 65.5 Å². The maximum Gasteiger partial charge on any atom is 0.194 e. The van der Waals surface area contributed by atoms with E-state index in [0.29, 0.717) is 18.7 Å². The lowest BCUT2D eigenvalue weighted by Crippen LogP contribution is -2.20. The Morgan fingerprint density at radius 3 is 2.25 bits per heavy atom. The van der Waals surface area contributed by atoms with E-state index in [1.807, 2.05) is 30.3 Å². The molecule has 2 rings (SSSR count). The van der Waals surface area contributed by atoms with Crippen LogP contribution in [-0.4, -0.2) is 13.2 Å². The topological polar surface area (TPSA) is 21.3 Å². The average Bonchev–Trinajstić information content (AvgIpc) is 2.45. The minimum Gasteiger partial charge on any atom is -0.492 e. The molecule has 0 aromatic heterocycles. The van der Waals surface area contributed by atoms with E-state index < -0.39 is 17.5 Å². The second-order valence-electron chi connectivity index (χ2n) is 4.21. The molecule has 0 bridgehead atoms. The summed E-state index contributed by atoms with van der Waals surface area (Å²) < 4.78 is 44.1. The van der Waals surface area contributed by atoms with Gasteiger partial charge in [0.25, 0.3) is 0 Å². The number of para-hydroxylation sites is 1. The van der Waals surface area contributed by atoms with Crippen LogP contribution in [0.1, 0.15) is 5.56 Å². The van der Waals surface area contributed by atoms with Crippen molar-refractivity contribution in [2.24, 2.45) is 0 Å². The van der Waals surface area contributed by atoms with Gasteiger partial charge in [0, 0.05) is 13.1 Å². The molecule has 2 aromatic carbocycles. The first-order chi connectivity index (χ1) is 9.66. The number of ether oxygens (including phenoxy) is 1. The van der Waals surface area contributed by atoms with E-state index in [2.05, 4.69) is 5.32 Å². The highest BCUT2D eigenvalue weighted by Crippen LogP contribution is 2.13. The molecular weight excluding hydrogens is 267 g/mol. The Morgan fingerprint density at radius 1 is 0.950 bits per heavy atom. The van der Waals surface area contributed by atoms with Crippen molar-refractivity contribution in [2.45, 2.75) is 6.54 Å². The molecule has 0 saturated heterocycles. The number of hydrogen-bond donors (Lipinski definition) is 1. The van der Waals surface area contributed by atoms with Crippen molar-refractivity contribution in [3.8, 4) is 5.75 Å². The summed E-state index contributed by atoms with van der Waals surface area (Å²) in [7, 11) is 0. The third-order valence-corrected chi connectivity index (χ3v) is 2.66. The lowest BCUT2D eigenvalue weighted by atomic mass is 10.2. The van der Waals surface area contributed by atoms with Crippen molar-refractivity contribution < 1.29 is 17.9 Å². The number of benzene rings is 2. The zero-order valence-electron chi connectivity index (χ0n) is 10.7. The van der Waals surface area contributed by atoms with E-state index in [0.717, 1.165) is 17.9 Å². The van der Waals surface area contributed by atoms with Gasteiger partial charge >= 0.3 is 0 Å². The van der Waals surface area contributed by atoms with Gasteiger partial charge in [0.15, 0.2) is 17.5 Å². The highest BCUT2D eigenvalue weighted by Gasteiger charge is 2.09. The van der Waals surface area contributed by atoms with Crippen LogP contribution in [0, 0.1) is 17.5 Å². The first-order valence-electron chi connectivity index (χ1n) is 6.19. The number of rotatable bonds is 6. The standard InChI is InChI=1S/C15H14F3NO/c16-13-8-11(9-14(17)15(13)18)10-19-6-7-20-12-4-2-1-3-5-12/h1-5,8-9,19H,6-7,10H2. The second-order valence-corrected chi connectivity index (χ2v) is 4.21. The molecule has 0 aliphatic carbocycles. The normalized spacial score (nSPS) is 10.6. The summed E-state index contributed by atoms with van der Waals surface area (Å²) in [6.45, 7) is 1.18. The maximum absolute atomic E-state index is 13.0. The molecule has 20 heavy (non-hydrogen) atoms. The predicted molar refractivity (Wildman–Crippen MR) is 70.0 cm³/mol. The van der Waals surface area contributed by atoms with Gasteiger partial charge in [-0.3, -0.25) is 0 Å². The van der Waals surface area contributed by atoms with Gasteiger partial charge in [0.05, 0.1) is 0 Å². The van der Waals surface area contributed by atoms with Crippen LogP contribution in [-0.2, 0) is 6.54 Å². The van der Waals surface area contributed by atoms with E-state index >= 15 is 0 Å². The van der Waals surface area contributed by atoms with Gasteiger partial charge < -0.3 is 10.1 Å². The van der Waals surface area contributed by atoms with Crippen LogP contribution in [0.3, 0.4) is 0 Å². The SMILES string of the molecule is Fc1cc(CNCCOc2ccccc2)cc(F)c1F. The first-order valence-corrected chi connectivity index (χ1v) is 6.19. The Labute approximate surface area is 115 Å². The van der Waals surface area contributed by atoms with Gasteiger partial charge in [-0.1, -0.05) is 18.2 Å². The van der Waals surface area contributed by atoms with Gasteiger partial charge in [-0.15, -0.1) is 0 Å². The summed E-state index contributed by atoms with van der Waals surface area (Å²) in [4.78, 5) is 0. The van der Waals surface area contributed by atoms with Crippen LogP contribution in [0.25, 0.3) is 0 Å². The molecule has 106 valence electrons. The van der Waals surface area contributed by atoms with Crippen LogP contribution in [0.2, 0.25) is 0 Å². The van der Waals surface area contributed by atoms with E-state index in [-0.39, 0.29) is 6.54 Å². The summed E-state index contributed by atoms with van der Waals surface area (Å²) in [5.41, 5.74) is 0.348. The largest absolute Gasteiger partial charge is 0.492 e. The molecule has 0 fully saturated rings. The summed E-state index contributed by atoms with van der Waals surface area (Å²) in [6.07, 6.45) is 0. The minimum atomic E-state index is -1.44. The zero-order chi connectivity index (χ0) is 14.4. The third-order valence-electron chi connectivity index (χ3n) is 2.66. The van der Waals surface area contributed by atoms with Gasteiger partial charge in [0.2, 0.25) is 0 Å². The molecule has 0 aliphatic rings. The maximum atomic E-state index is 13.0.